The van der Waals surface area contributed by atoms with Gasteiger partial charge in [-0.05, 0) is 53.4 Å². The van der Waals surface area contributed by atoms with Crippen molar-refractivity contribution in [1.29, 1.82) is 0 Å². The first-order valence-corrected chi connectivity index (χ1v) is 9.39. The fourth-order valence-corrected chi connectivity index (χ4v) is 4.62. The third-order valence-corrected chi connectivity index (χ3v) is 7.70. The summed E-state index contributed by atoms with van der Waals surface area (Å²) in [7, 11) is 0. The van der Waals surface area contributed by atoms with Crippen LogP contribution in [0.2, 0.25) is 0 Å². The van der Waals surface area contributed by atoms with Crippen molar-refractivity contribution >= 4 is 0 Å². The van der Waals surface area contributed by atoms with Crippen LogP contribution in [0, 0.1) is 10.8 Å². The topological polar surface area (TPSA) is 18.5 Å². The minimum Gasteiger partial charge on any atom is -0.371 e. The van der Waals surface area contributed by atoms with E-state index in [9.17, 15) is 0 Å². The highest BCUT2D eigenvalue weighted by atomic mass is 16.5. The molecule has 2 rings (SSSR count). The van der Waals surface area contributed by atoms with Crippen LogP contribution in [0.15, 0.2) is 0 Å². The standard InChI is InChI=1S/C20H38O2/c1-9-19(7)15(21-17(19,3)4)13-11-12-14-16-20(8,10-2)18(5,6)22-16/h15-16H,9-14H2,1-8H3. The summed E-state index contributed by atoms with van der Waals surface area (Å²) in [6.07, 6.45) is 8.23. The molecule has 4 atom stereocenters. The van der Waals surface area contributed by atoms with Gasteiger partial charge in [-0.25, -0.2) is 0 Å². The number of hydrogen-bond donors (Lipinski definition) is 0. The molecule has 2 heteroatoms. The predicted molar refractivity (Wildman–Crippen MR) is 93.2 cm³/mol. The number of ether oxygens (including phenoxy) is 2. The molecule has 0 bridgehead atoms. The highest BCUT2D eigenvalue weighted by molar-refractivity contribution is 5.06. The van der Waals surface area contributed by atoms with Crippen molar-refractivity contribution in [3.8, 4) is 0 Å². The smallest absolute Gasteiger partial charge is 0.0708 e. The van der Waals surface area contributed by atoms with Crippen LogP contribution >= 0.6 is 0 Å². The van der Waals surface area contributed by atoms with E-state index in [0.29, 0.717) is 23.0 Å². The van der Waals surface area contributed by atoms with Crippen molar-refractivity contribution in [2.75, 3.05) is 0 Å². The van der Waals surface area contributed by atoms with E-state index >= 15 is 0 Å². The minimum atomic E-state index is 0.0499. The van der Waals surface area contributed by atoms with Crippen molar-refractivity contribution in [3.05, 3.63) is 0 Å². The second-order valence-electron chi connectivity index (χ2n) is 9.06. The normalized spacial score (nSPS) is 42.5. The van der Waals surface area contributed by atoms with Crippen molar-refractivity contribution in [3.63, 3.8) is 0 Å². The van der Waals surface area contributed by atoms with Gasteiger partial charge in [0, 0.05) is 10.8 Å². The van der Waals surface area contributed by atoms with E-state index in [0.717, 1.165) is 0 Å². The van der Waals surface area contributed by atoms with E-state index < -0.39 is 0 Å². The average molecular weight is 311 g/mol. The summed E-state index contributed by atoms with van der Waals surface area (Å²) in [4.78, 5) is 0. The number of hydrogen-bond acceptors (Lipinski definition) is 2. The molecular weight excluding hydrogens is 272 g/mol. The SMILES string of the molecule is CCC1(C)C(CCCCC2OC(C)(C)C2(C)CC)OC1(C)C. The maximum atomic E-state index is 6.14. The summed E-state index contributed by atoms with van der Waals surface area (Å²) >= 11 is 0. The van der Waals surface area contributed by atoms with E-state index in [2.05, 4.69) is 55.4 Å². The van der Waals surface area contributed by atoms with Crippen LogP contribution in [-0.4, -0.2) is 23.4 Å². The third kappa shape index (κ3) is 2.55. The molecule has 0 aromatic carbocycles. The Bertz CT molecular complexity index is 363. The highest BCUT2D eigenvalue weighted by Crippen LogP contribution is 2.55. The van der Waals surface area contributed by atoms with E-state index in [-0.39, 0.29) is 11.2 Å². The Hall–Kier alpha value is -0.0800. The van der Waals surface area contributed by atoms with Gasteiger partial charge in [0.25, 0.3) is 0 Å². The molecule has 0 N–H and O–H groups in total. The molecule has 2 saturated heterocycles. The molecule has 2 fully saturated rings. The second-order valence-corrected chi connectivity index (χ2v) is 9.06. The summed E-state index contributed by atoms with van der Waals surface area (Å²) in [6, 6.07) is 0. The molecule has 0 amide bonds. The molecule has 0 spiro atoms. The van der Waals surface area contributed by atoms with Crippen molar-refractivity contribution in [2.45, 2.75) is 117 Å². The number of unbranched alkanes of at least 4 members (excludes halogenated alkanes) is 1. The van der Waals surface area contributed by atoms with Crippen LogP contribution in [0.25, 0.3) is 0 Å². The van der Waals surface area contributed by atoms with Crippen LogP contribution in [0.4, 0.5) is 0 Å². The fraction of sp³-hybridized carbons (Fsp3) is 1.00. The average Bonchev–Trinajstić information content (AvgIpc) is 2.46. The maximum absolute atomic E-state index is 6.14. The molecule has 2 nitrogen and oxygen atoms in total. The third-order valence-electron chi connectivity index (χ3n) is 7.70. The van der Waals surface area contributed by atoms with E-state index in [1.807, 2.05) is 0 Å². The van der Waals surface area contributed by atoms with Gasteiger partial charge in [-0.15, -0.1) is 0 Å². The molecule has 0 aromatic rings. The largest absolute Gasteiger partial charge is 0.371 e. The summed E-state index contributed by atoms with van der Waals surface area (Å²) in [5.74, 6) is 0. The van der Waals surface area contributed by atoms with Crippen LogP contribution in [0.5, 0.6) is 0 Å². The minimum absolute atomic E-state index is 0.0499. The zero-order valence-electron chi connectivity index (χ0n) is 16.2. The molecule has 130 valence electrons. The molecular formula is C20H38O2. The Labute approximate surface area is 138 Å². The molecule has 4 unspecified atom stereocenters. The monoisotopic (exact) mass is 310 g/mol. The highest BCUT2D eigenvalue weighted by Gasteiger charge is 2.58. The molecule has 2 aliphatic rings. The molecule has 2 aliphatic heterocycles. The molecule has 2 heterocycles. The summed E-state index contributed by atoms with van der Waals surface area (Å²) < 4.78 is 12.3. The van der Waals surface area contributed by atoms with Gasteiger partial charge in [0.15, 0.2) is 0 Å². The molecule has 22 heavy (non-hydrogen) atoms. The Kier molecular flexibility index (Phi) is 4.79. The van der Waals surface area contributed by atoms with E-state index in [4.69, 9.17) is 9.47 Å². The van der Waals surface area contributed by atoms with Crippen LogP contribution < -0.4 is 0 Å². The van der Waals surface area contributed by atoms with Gasteiger partial charge >= 0.3 is 0 Å². The first kappa shape index (κ1) is 18.3. The Morgan fingerprint density at radius 2 is 0.955 bits per heavy atom. The predicted octanol–water partition coefficient (Wildman–Crippen LogP) is 5.73. The van der Waals surface area contributed by atoms with E-state index in [1.54, 1.807) is 0 Å². The lowest BCUT2D eigenvalue weighted by Crippen LogP contribution is -2.64. The van der Waals surface area contributed by atoms with Gasteiger partial charge in [0.1, 0.15) is 0 Å². The fourth-order valence-electron chi connectivity index (χ4n) is 4.62. The van der Waals surface area contributed by atoms with Crippen LogP contribution in [0.1, 0.15) is 93.9 Å². The Morgan fingerprint density at radius 3 is 1.18 bits per heavy atom. The van der Waals surface area contributed by atoms with Gasteiger partial charge in [-0.2, -0.15) is 0 Å². The lowest BCUT2D eigenvalue weighted by Gasteiger charge is -2.61. The molecule has 0 radical (unpaired) electrons. The first-order chi connectivity index (χ1) is 10.0. The van der Waals surface area contributed by atoms with Crippen LogP contribution in [0.3, 0.4) is 0 Å². The van der Waals surface area contributed by atoms with Crippen LogP contribution in [-0.2, 0) is 9.47 Å². The lowest BCUT2D eigenvalue weighted by molar-refractivity contribution is -0.304. The van der Waals surface area contributed by atoms with E-state index in [1.165, 1.54) is 38.5 Å². The molecule has 0 aromatic heterocycles. The van der Waals surface area contributed by atoms with Gasteiger partial charge in [0.05, 0.1) is 23.4 Å². The Morgan fingerprint density at radius 1 is 0.636 bits per heavy atom. The van der Waals surface area contributed by atoms with Gasteiger partial charge in [-0.3, -0.25) is 0 Å². The molecule has 0 aliphatic carbocycles. The maximum Gasteiger partial charge on any atom is 0.0708 e. The second kappa shape index (κ2) is 5.77. The summed E-state index contributed by atoms with van der Waals surface area (Å²) in [5.41, 5.74) is 0.794. The van der Waals surface area contributed by atoms with Crippen molar-refractivity contribution in [1.82, 2.24) is 0 Å². The van der Waals surface area contributed by atoms with Crippen molar-refractivity contribution in [2.24, 2.45) is 10.8 Å². The summed E-state index contributed by atoms with van der Waals surface area (Å²) in [5, 5.41) is 0. The van der Waals surface area contributed by atoms with Gasteiger partial charge < -0.3 is 9.47 Å². The zero-order valence-corrected chi connectivity index (χ0v) is 16.2. The quantitative estimate of drug-likeness (QED) is 0.559. The first-order valence-electron chi connectivity index (χ1n) is 9.39. The molecule has 0 saturated carbocycles. The lowest BCUT2D eigenvalue weighted by atomic mass is 9.62. The summed E-state index contributed by atoms with van der Waals surface area (Å²) in [6.45, 7) is 18.4. The Balaban J connectivity index is 1.73. The number of rotatable bonds is 7. The van der Waals surface area contributed by atoms with Gasteiger partial charge in [-0.1, -0.05) is 40.5 Å². The zero-order chi connectivity index (χ0) is 16.8. The van der Waals surface area contributed by atoms with Crippen molar-refractivity contribution < 1.29 is 9.47 Å². The van der Waals surface area contributed by atoms with Gasteiger partial charge in [0.2, 0.25) is 0 Å².